The van der Waals surface area contributed by atoms with Crippen molar-refractivity contribution in [3.05, 3.63) is 0 Å². The molecular weight excluding hydrogens is 140 g/mol. The maximum Gasteiger partial charge on any atom is 0.309 e. The molecule has 1 saturated heterocycles. The van der Waals surface area contributed by atoms with Gasteiger partial charge in [-0.2, -0.15) is 0 Å². The quantitative estimate of drug-likeness (QED) is 0.571. The summed E-state index contributed by atoms with van der Waals surface area (Å²) in [6, 6.07) is 0. The molecule has 0 saturated carbocycles. The summed E-state index contributed by atoms with van der Waals surface area (Å²) >= 11 is 0. The van der Waals surface area contributed by atoms with Crippen LogP contribution in [-0.2, 0) is 9.53 Å². The average molecular weight is 156 g/mol. The Hall–Kier alpha value is -0.530. The van der Waals surface area contributed by atoms with Gasteiger partial charge in [-0.25, -0.2) is 0 Å². The fourth-order valence-corrected chi connectivity index (χ4v) is 1.60. The lowest BCUT2D eigenvalue weighted by molar-refractivity contribution is -0.144. The third-order valence-electron chi connectivity index (χ3n) is 2.02. The number of esters is 1. The van der Waals surface area contributed by atoms with Gasteiger partial charge in [0.2, 0.25) is 0 Å². The van der Waals surface area contributed by atoms with Crippen molar-refractivity contribution in [2.45, 2.75) is 39.7 Å². The summed E-state index contributed by atoms with van der Waals surface area (Å²) in [4.78, 5) is 11.1. The van der Waals surface area contributed by atoms with Crippen LogP contribution in [0.25, 0.3) is 0 Å². The molecule has 0 aliphatic carbocycles. The highest BCUT2D eigenvalue weighted by atomic mass is 16.5. The number of carbonyl (C=O) groups excluding carboxylic acids is 1. The highest BCUT2D eigenvalue weighted by Crippen LogP contribution is 2.26. The molecule has 0 unspecified atom stereocenters. The van der Waals surface area contributed by atoms with Gasteiger partial charge < -0.3 is 4.74 Å². The van der Waals surface area contributed by atoms with E-state index in [4.69, 9.17) is 4.74 Å². The van der Waals surface area contributed by atoms with Crippen LogP contribution in [0.4, 0.5) is 0 Å². The standard InChI is InChI=1S/C9H16O2/c1-6(2)4-8-5-7(3)11-9(8)10/h6-8H,4-5H2,1-3H3/t7-,8-/m0/s1. The Morgan fingerprint density at radius 3 is 2.64 bits per heavy atom. The van der Waals surface area contributed by atoms with Crippen molar-refractivity contribution in [1.29, 1.82) is 0 Å². The Labute approximate surface area is 67.9 Å². The van der Waals surface area contributed by atoms with E-state index in [0.29, 0.717) is 5.92 Å². The molecule has 2 heteroatoms. The molecule has 1 aliphatic heterocycles. The van der Waals surface area contributed by atoms with Crippen molar-refractivity contribution in [2.24, 2.45) is 11.8 Å². The molecule has 0 aromatic rings. The molecule has 1 heterocycles. The van der Waals surface area contributed by atoms with Crippen LogP contribution in [0.15, 0.2) is 0 Å². The Balaban J connectivity index is 2.41. The van der Waals surface area contributed by atoms with Crippen LogP contribution in [0.2, 0.25) is 0 Å². The summed E-state index contributed by atoms with van der Waals surface area (Å²) in [6.07, 6.45) is 2.03. The highest BCUT2D eigenvalue weighted by molar-refractivity contribution is 5.74. The number of cyclic esters (lactones) is 1. The van der Waals surface area contributed by atoms with E-state index in [0.717, 1.165) is 12.8 Å². The van der Waals surface area contributed by atoms with Gasteiger partial charge in [-0.1, -0.05) is 13.8 Å². The molecule has 1 rings (SSSR count). The predicted molar refractivity (Wildman–Crippen MR) is 43.1 cm³/mol. The molecule has 0 spiro atoms. The van der Waals surface area contributed by atoms with Crippen molar-refractivity contribution in [1.82, 2.24) is 0 Å². The van der Waals surface area contributed by atoms with E-state index in [1.165, 1.54) is 0 Å². The van der Waals surface area contributed by atoms with Crippen molar-refractivity contribution in [2.75, 3.05) is 0 Å². The molecule has 0 N–H and O–H groups in total. The maximum atomic E-state index is 11.1. The molecule has 11 heavy (non-hydrogen) atoms. The van der Waals surface area contributed by atoms with E-state index in [-0.39, 0.29) is 18.0 Å². The first kappa shape index (κ1) is 8.57. The second-order valence-electron chi connectivity index (χ2n) is 3.81. The van der Waals surface area contributed by atoms with Crippen LogP contribution in [0.3, 0.4) is 0 Å². The monoisotopic (exact) mass is 156 g/mol. The minimum atomic E-state index is 0.00574. The van der Waals surface area contributed by atoms with Crippen LogP contribution in [0, 0.1) is 11.8 Å². The summed E-state index contributed by atoms with van der Waals surface area (Å²) < 4.78 is 5.04. The van der Waals surface area contributed by atoms with E-state index in [1.54, 1.807) is 0 Å². The lowest BCUT2D eigenvalue weighted by Crippen LogP contribution is -2.09. The van der Waals surface area contributed by atoms with Crippen LogP contribution < -0.4 is 0 Å². The zero-order chi connectivity index (χ0) is 8.43. The van der Waals surface area contributed by atoms with Gasteiger partial charge in [0.25, 0.3) is 0 Å². The highest BCUT2D eigenvalue weighted by Gasteiger charge is 2.31. The Bertz CT molecular complexity index is 152. The smallest absolute Gasteiger partial charge is 0.309 e. The Morgan fingerprint density at radius 2 is 2.27 bits per heavy atom. The molecule has 0 radical (unpaired) electrons. The van der Waals surface area contributed by atoms with E-state index < -0.39 is 0 Å². The first-order valence-electron chi connectivity index (χ1n) is 4.30. The normalized spacial score (nSPS) is 31.1. The number of hydrogen-bond acceptors (Lipinski definition) is 2. The van der Waals surface area contributed by atoms with Gasteiger partial charge in [0.05, 0.1) is 12.0 Å². The van der Waals surface area contributed by atoms with E-state index >= 15 is 0 Å². The molecule has 1 aliphatic rings. The molecule has 64 valence electrons. The molecule has 0 aromatic carbocycles. The fourth-order valence-electron chi connectivity index (χ4n) is 1.60. The zero-order valence-corrected chi connectivity index (χ0v) is 7.46. The number of ether oxygens (including phenoxy) is 1. The van der Waals surface area contributed by atoms with Crippen molar-refractivity contribution in [3.63, 3.8) is 0 Å². The summed E-state index contributed by atoms with van der Waals surface area (Å²) in [5.74, 6) is 0.772. The lowest BCUT2D eigenvalue weighted by atomic mass is 9.95. The summed E-state index contributed by atoms with van der Waals surface area (Å²) in [7, 11) is 0. The second kappa shape index (κ2) is 3.24. The van der Waals surface area contributed by atoms with Crippen molar-refractivity contribution >= 4 is 5.97 Å². The Morgan fingerprint density at radius 1 is 1.64 bits per heavy atom. The molecule has 1 fully saturated rings. The van der Waals surface area contributed by atoms with Gasteiger partial charge >= 0.3 is 5.97 Å². The minimum Gasteiger partial charge on any atom is -0.462 e. The minimum absolute atomic E-state index is 0.00574. The van der Waals surface area contributed by atoms with Crippen molar-refractivity contribution in [3.8, 4) is 0 Å². The van der Waals surface area contributed by atoms with Gasteiger partial charge in [0.15, 0.2) is 0 Å². The number of rotatable bonds is 2. The first-order chi connectivity index (χ1) is 5.09. The topological polar surface area (TPSA) is 26.3 Å². The van der Waals surface area contributed by atoms with Crippen LogP contribution in [0.1, 0.15) is 33.6 Å². The molecule has 0 aromatic heterocycles. The van der Waals surface area contributed by atoms with Gasteiger partial charge in [-0.15, -0.1) is 0 Å². The average Bonchev–Trinajstić information content (AvgIpc) is 2.09. The maximum absolute atomic E-state index is 11.1. The molecule has 2 nitrogen and oxygen atoms in total. The molecule has 0 bridgehead atoms. The summed E-state index contributed by atoms with van der Waals surface area (Å²) in [6.45, 7) is 6.23. The zero-order valence-electron chi connectivity index (χ0n) is 7.46. The third-order valence-corrected chi connectivity index (χ3v) is 2.02. The van der Waals surface area contributed by atoms with Crippen molar-refractivity contribution < 1.29 is 9.53 Å². The van der Waals surface area contributed by atoms with Gasteiger partial charge in [-0.3, -0.25) is 4.79 Å². The van der Waals surface area contributed by atoms with Crippen LogP contribution in [-0.4, -0.2) is 12.1 Å². The van der Waals surface area contributed by atoms with Gasteiger partial charge in [0.1, 0.15) is 0 Å². The van der Waals surface area contributed by atoms with Crippen LogP contribution >= 0.6 is 0 Å². The predicted octanol–water partition coefficient (Wildman–Crippen LogP) is 1.98. The largest absolute Gasteiger partial charge is 0.462 e. The third kappa shape index (κ3) is 2.21. The number of carbonyl (C=O) groups is 1. The number of hydrogen-bond donors (Lipinski definition) is 0. The SMILES string of the molecule is CC(C)C[C@H]1C[C@H](C)OC1=O. The van der Waals surface area contributed by atoms with E-state index in [2.05, 4.69) is 13.8 Å². The Kier molecular flexibility index (Phi) is 2.53. The fraction of sp³-hybridized carbons (Fsp3) is 0.889. The van der Waals surface area contributed by atoms with Gasteiger partial charge in [0, 0.05) is 0 Å². The van der Waals surface area contributed by atoms with E-state index in [1.807, 2.05) is 6.92 Å². The molecule has 0 amide bonds. The van der Waals surface area contributed by atoms with Gasteiger partial charge in [-0.05, 0) is 25.7 Å². The van der Waals surface area contributed by atoms with E-state index in [9.17, 15) is 4.79 Å². The first-order valence-corrected chi connectivity index (χ1v) is 4.30. The summed E-state index contributed by atoms with van der Waals surface area (Å²) in [5, 5.41) is 0. The van der Waals surface area contributed by atoms with Crippen LogP contribution in [0.5, 0.6) is 0 Å². The molecule has 2 atom stereocenters. The lowest BCUT2D eigenvalue weighted by Gasteiger charge is -2.07. The summed E-state index contributed by atoms with van der Waals surface area (Å²) in [5.41, 5.74) is 0. The molecular formula is C9H16O2. The second-order valence-corrected chi connectivity index (χ2v) is 3.81.